The number of aliphatic carboxylic acids is 1. The van der Waals surface area contributed by atoms with Crippen LogP contribution in [-0.2, 0) is 38.0 Å². The molecule has 3 spiro atoms. The molecule has 328 valence electrons. The average molecular weight is 819 g/mol. The summed E-state index contributed by atoms with van der Waals surface area (Å²) >= 11 is 0. The number of carboxylic acid groups (broad SMARTS) is 1. The fourth-order valence-corrected chi connectivity index (χ4v) is 10.9. The van der Waals surface area contributed by atoms with Crippen molar-refractivity contribution in [2.75, 3.05) is 6.61 Å². The summed E-state index contributed by atoms with van der Waals surface area (Å²) in [7, 11) is 0. The highest BCUT2D eigenvalue weighted by molar-refractivity contribution is 5.76. The molecule has 2 unspecified atom stereocenters. The molecule has 6 saturated heterocycles. The summed E-state index contributed by atoms with van der Waals surface area (Å²) < 4.78 is 45.5. The van der Waals surface area contributed by atoms with E-state index in [4.69, 9.17) is 33.2 Å². The van der Waals surface area contributed by atoms with Crippen LogP contribution in [0.1, 0.15) is 125 Å². The lowest BCUT2D eigenvalue weighted by atomic mass is 9.78. The van der Waals surface area contributed by atoms with E-state index >= 15 is 0 Å². The quantitative estimate of drug-likeness (QED) is 0.176. The molecule has 7 aliphatic heterocycles. The summed E-state index contributed by atoms with van der Waals surface area (Å²) in [5, 5.41) is 54.1. The summed E-state index contributed by atoms with van der Waals surface area (Å²) in [6.45, 7) is 16.7. The first kappa shape index (κ1) is 44.3. The minimum absolute atomic E-state index is 0.0385. The molecule has 0 amide bonds. The summed E-state index contributed by atoms with van der Waals surface area (Å²) in [6.07, 6.45) is 8.36. The van der Waals surface area contributed by atoms with Crippen LogP contribution in [0.3, 0.4) is 0 Å². The molecule has 18 atom stereocenters. The van der Waals surface area contributed by atoms with E-state index in [0.29, 0.717) is 62.4 Å². The van der Waals surface area contributed by atoms with E-state index in [-0.39, 0.29) is 36.6 Å². The van der Waals surface area contributed by atoms with Crippen molar-refractivity contribution < 1.29 is 63.5 Å². The molecule has 0 radical (unpaired) electrons. The Balaban J connectivity index is 0.922. The zero-order valence-electron chi connectivity index (χ0n) is 35.4. The SMILES string of the molecule is C=C1[C@@H](O)[C@@H]2O[C@]3(CC[C@H](/C=C/[C@@H](C)[C@@H]4CC(C)=C[C@@]5(OC(C[C@@](C)(O)C(=O)O)CC[C@H]5O)O4)O3)CC[C@H]2O[C@@H]1[C@@H](O)C[C@H](C)C1O[C@@]2(CC[C@H]1C)OCCC[C@H]2C. The van der Waals surface area contributed by atoms with Crippen molar-refractivity contribution in [2.45, 2.75) is 209 Å². The first-order valence-electron chi connectivity index (χ1n) is 22.1. The molecule has 7 aliphatic rings. The first-order valence-corrected chi connectivity index (χ1v) is 22.1. The molecule has 0 aromatic carbocycles. The molecular weight excluding hydrogens is 748 g/mol. The number of carbonyl (C=O) groups is 1. The van der Waals surface area contributed by atoms with E-state index in [1.807, 2.05) is 19.9 Å². The predicted octanol–water partition coefficient (Wildman–Crippen LogP) is 5.46. The molecule has 13 heteroatoms. The number of ether oxygens (including phenoxy) is 7. The van der Waals surface area contributed by atoms with Crippen LogP contribution in [0.2, 0.25) is 0 Å². The summed E-state index contributed by atoms with van der Waals surface area (Å²) in [5.41, 5.74) is -0.554. The van der Waals surface area contributed by atoms with Crippen LogP contribution in [0.5, 0.6) is 0 Å². The summed E-state index contributed by atoms with van der Waals surface area (Å²) in [4.78, 5) is 11.6. The second kappa shape index (κ2) is 17.2. The van der Waals surface area contributed by atoms with Gasteiger partial charge in [-0.25, -0.2) is 4.79 Å². The van der Waals surface area contributed by atoms with E-state index in [2.05, 4.69) is 33.4 Å². The molecule has 0 saturated carbocycles. The largest absolute Gasteiger partial charge is 0.479 e. The Kier molecular flexibility index (Phi) is 13.1. The van der Waals surface area contributed by atoms with Crippen LogP contribution in [0.15, 0.2) is 36.0 Å². The van der Waals surface area contributed by atoms with Gasteiger partial charge in [0.15, 0.2) is 17.2 Å². The number of fused-ring (bicyclic) bond motifs is 1. The van der Waals surface area contributed by atoms with Crippen molar-refractivity contribution >= 4 is 5.97 Å². The smallest absolute Gasteiger partial charge is 0.335 e. The molecular formula is C45H70O13. The summed E-state index contributed by atoms with van der Waals surface area (Å²) in [5.74, 6) is -3.56. The zero-order chi connectivity index (χ0) is 41.8. The minimum atomic E-state index is -1.96. The van der Waals surface area contributed by atoms with Gasteiger partial charge in [0.1, 0.15) is 24.4 Å². The summed E-state index contributed by atoms with van der Waals surface area (Å²) in [6, 6.07) is 0. The fraction of sp³-hybridized carbons (Fsp3) is 0.844. The van der Waals surface area contributed by atoms with Crippen molar-refractivity contribution in [3.63, 3.8) is 0 Å². The van der Waals surface area contributed by atoms with E-state index in [0.717, 1.165) is 44.3 Å². The van der Waals surface area contributed by atoms with Gasteiger partial charge in [-0.05, 0) is 95.1 Å². The van der Waals surface area contributed by atoms with Crippen LogP contribution in [0, 0.1) is 23.7 Å². The van der Waals surface area contributed by atoms with Gasteiger partial charge in [-0.3, -0.25) is 0 Å². The standard InChI is InChI=1S/C45H70O13/c1-25-21-35(56-45(23-25)36(47)13-12-32(55-45)24-42(7,51)41(49)50)26(2)10-11-31-15-17-43(54-31)18-16-34-40(57-43)37(48)30(6)39(53-34)33(46)22-28(4)38-27(3)14-19-44(58-38)29(5)9-8-20-52-44/h10-11,23,26-29,31-40,46-48,51H,6,8-9,12-22,24H2,1-5,7H3,(H,49,50)/b11-10+/t26-,27-,28+,29-,31+,32?,33+,34-,35+,36-,37-,38?,39+,40-,42-,43-,44-,45-/m1/s1. The highest BCUT2D eigenvalue weighted by Gasteiger charge is 2.55. The third-order valence-corrected chi connectivity index (χ3v) is 14.5. The van der Waals surface area contributed by atoms with Gasteiger partial charge in [0.05, 0.1) is 43.2 Å². The zero-order valence-corrected chi connectivity index (χ0v) is 35.4. The maximum atomic E-state index is 11.6. The number of hydrogen-bond donors (Lipinski definition) is 5. The van der Waals surface area contributed by atoms with Crippen LogP contribution in [0.25, 0.3) is 0 Å². The first-order chi connectivity index (χ1) is 27.3. The van der Waals surface area contributed by atoms with E-state index in [1.165, 1.54) is 6.92 Å². The third kappa shape index (κ3) is 8.93. The lowest BCUT2D eigenvalue weighted by Crippen LogP contribution is -2.60. The molecule has 7 rings (SSSR count). The predicted molar refractivity (Wildman–Crippen MR) is 212 cm³/mol. The second-order valence-electron chi connectivity index (χ2n) is 19.4. The monoisotopic (exact) mass is 818 g/mol. The van der Waals surface area contributed by atoms with Crippen molar-refractivity contribution in [2.24, 2.45) is 23.7 Å². The van der Waals surface area contributed by atoms with E-state index in [9.17, 15) is 30.3 Å². The van der Waals surface area contributed by atoms with Gasteiger partial charge in [0, 0.05) is 37.5 Å². The molecule has 5 N–H and O–H groups in total. The van der Waals surface area contributed by atoms with Gasteiger partial charge >= 0.3 is 5.97 Å². The number of hydrogen-bond acceptors (Lipinski definition) is 12. The highest BCUT2D eigenvalue weighted by Crippen LogP contribution is 2.48. The lowest BCUT2D eigenvalue weighted by Gasteiger charge is -2.51. The molecule has 7 heterocycles. The Labute approximate surface area is 344 Å². The van der Waals surface area contributed by atoms with Gasteiger partial charge in [-0.1, -0.05) is 52.0 Å². The van der Waals surface area contributed by atoms with Gasteiger partial charge < -0.3 is 58.7 Å². The van der Waals surface area contributed by atoms with Gasteiger partial charge in [-0.15, -0.1) is 0 Å². The van der Waals surface area contributed by atoms with Gasteiger partial charge in [-0.2, -0.15) is 0 Å². The van der Waals surface area contributed by atoms with Crippen LogP contribution >= 0.6 is 0 Å². The fourth-order valence-electron chi connectivity index (χ4n) is 10.9. The number of aliphatic hydroxyl groups excluding tert-OH is 3. The maximum Gasteiger partial charge on any atom is 0.335 e. The van der Waals surface area contributed by atoms with Crippen LogP contribution in [-0.4, -0.2) is 122 Å². The average Bonchev–Trinajstić information content (AvgIpc) is 3.57. The number of carboxylic acids is 1. The van der Waals surface area contributed by atoms with Crippen molar-refractivity contribution in [1.29, 1.82) is 0 Å². The lowest BCUT2D eigenvalue weighted by molar-refractivity contribution is -0.334. The molecule has 0 aliphatic carbocycles. The Morgan fingerprint density at radius 1 is 1.02 bits per heavy atom. The topological polar surface area (TPSA) is 183 Å². The number of rotatable bonds is 10. The van der Waals surface area contributed by atoms with Crippen LogP contribution in [0.4, 0.5) is 0 Å². The maximum absolute atomic E-state index is 11.6. The molecule has 58 heavy (non-hydrogen) atoms. The minimum Gasteiger partial charge on any atom is -0.479 e. The highest BCUT2D eigenvalue weighted by atomic mass is 16.7. The molecule has 0 bridgehead atoms. The number of aliphatic hydroxyl groups is 4. The Bertz CT molecular complexity index is 1550. The third-order valence-electron chi connectivity index (χ3n) is 14.5. The van der Waals surface area contributed by atoms with E-state index in [1.54, 1.807) is 6.08 Å². The van der Waals surface area contributed by atoms with Crippen molar-refractivity contribution in [1.82, 2.24) is 0 Å². The van der Waals surface area contributed by atoms with Crippen molar-refractivity contribution in [3.8, 4) is 0 Å². The molecule has 13 nitrogen and oxygen atoms in total. The van der Waals surface area contributed by atoms with Crippen molar-refractivity contribution in [3.05, 3.63) is 36.0 Å². The molecule has 6 fully saturated rings. The second-order valence-corrected chi connectivity index (χ2v) is 19.4. The van der Waals surface area contributed by atoms with E-state index < -0.39 is 71.7 Å². The molecule has 0 aromatic rings. The normalized spacial score (nSPS) is 46.1. The Morgan fingerprint density at radius 2 is 1.78 bits per heavy atom. The van der Waals surface area contributed by atoms with Gasteiger partial charge in [0.2, 0.25) is 5.79 Å². The Hall–Kier alpha value is -1.75. The molecule has 0 aromatic heterocycles. The van der Waals surface area contributed by atoms with Crippen LogP contribution < -0.4 is 0 Å². The van der Waals surface area contributed by atoms with Gasteiger partial charge in [0.25, 0.3) is 0 Å². The Morgan fingerprint density at radius 3 is 2.52 bits per heavy atom.